The number of nitrogens with one attached hydrogen (secondary N) is 1. The molecular weight excluding hydrogens is 482 g/mol. The Morgan fingerprint density at radius 1 is 1.07 bits per heavy atom. The molecule has 4 nitrogen and oxygen atoms in total. The van der Waals surface area contributed by atoms with Gasteiger partial charge in [-0.25, -0.2) is 0 Å². The van der Waals surface area contributed by atoms with Gasteiger partial charge in [-0.15, -0.1) is 11.3 Å². The van der Waals surface area contributed by atoms with Crippen LogP contribution in [0, 0.1) is 0 Å². The van der Waals surface area contributed by atoms with Crippen LogP contribution in [-0.4, -0.2) is 37.0 Å². The van der Waals surface area contributed by atoms with Gasteiger partial charge in [-0.05, 0) is 64.1 Å². The monoisotopic (exact) mass is 503 g/mol. The lowest BCUT2D eigenvalue weighted by atomic mass is 10.1. The standard InChI is InChI=1S/C23H23BrClN3OS/c1-16(17-6-8-18(25)9-7-17)26-20-4-2-3-5-21(20)27-11-13-28(14-12-27)23(29)22-19(24)10-15-30-22/h2-10,15-16,26H,11-14H2,1H3. The molecule has 1 saturated heterocycles. The van der Waals surface area contributed by atoms with Crippen molar-refractivity contribution in [1.29, 1.82) is 0 Å². The van der Waals surface area contributed by atoms with E-state index >= 15 is 0 Å². The predicted octanol–water partition coefficient (Wildman–Crippen LogP) is 6.30. The second-order valence-corrected chi connectivity index (χ2v) is 9.52. The van der Waals surface area contributed by atoms with Gasteiger partial charge in [0.25, 0.3) is 5.91 Å². The third kappa shape index (κ3) is 4.66. The Morgan fingerprint density at radius 3 is 2.43 bits per heavy atom. The molecule has 1 N–H and O–H groups in total. The van der Waals surface area contributed by atoms with Crippen LogP contribution in [0.25, 0.3) is 0 Å². The molecule has 0 aliphatic carbocycles. The van der Waals surface area contributed by atoms with Crippen LogP contribution in [0.3, 0.4) is 0 Å². The molecule has 1 atom stereocenters. The number of carbonyl (C=O) groups is 1. The minimum atomic E-state index is 0.110. The fraction of sp³-hybridized carbons (Fsp3) is 0.261. The van der Waals surface area contributed by atoms with E-state index in [1.54, 1.807) is 0 Å². The van der Waals surface area contributed by atoms with E-state index in [4.69, 9.17) is 11.6 Å². The van der Waals surface area contributed by atoms with Crippen molar-refractivity contribution < 1.29 is 4.79 Å². The number of nitrogens with zero attached hydrogens (tertiary/aromatic N) is 2. The topological polar surface area (TPSA) is 35.6 Å². The number of para-hydroxylation sites is 2. The number of thiophene rings is 1. The van der Waals surface area contributed by atoms with Gasteiger partial charge in [0.05, 0.1) is 11.4 Å². The van der Waals surface area contributed by atoms with Crippen molar-refractivity contribution in [3.63, 3.8) is 0 Å². The van der Waals surface area contributed by atoms with Crippen LogP contribution in [-0.2, 0) is 0 Å². The van der Waals surface area contributed by atoms with E-state index < -0.39 is 0 Å². The largest absolute Gasteiger partial charge is 0.377 e. The van der Waals surface area contributed by atoms with Crippen LogP contribution in [0.5, 0.6) is 0 Å². The Kier molecular flexibility index (Phi) is 6.66. The fourth-order valence-electron chi connectivity index (χ4n) is 3.68. The molecule has 1 unspecified atom stereocenters. The van der Waals surface area contributed by atoms with Crippen molar-refractivity contribution in [2.24, 2.45) is 0 Å². The van der Waals surface area contributed by atoms with Crippen LogP contribution in [0.15, 0.2) is 64.5 Å². The molecule has 1 fully saturated rings. The third-order valence-corrected chi connectivity index (χ3v) is 7.44. The Hall–Kier alpha value is -2.02. The third-order valence-electron chi connectivity index (χ3n) is 5.37. The number of hydrogen-bond donors (Lipinski definition) is 1. The molecular formula is C23H23BrClN3OS. The van der Waals surface area contributed by atoms with Gasteiger partial charge in [0.15, 0.2) is 0 Å². The second kappa shape index (κ2) is 9.41. The molecule has 4 rings (SSSR count). The molecule has 7 heteroatoms. The average Bonchev–Trinajstić information content (AvgIpc) is 3.20. The first kappa shape index (κ1) is 21.2. The first-order valence-electron chi connectivity index (χ1n) is 9.91. The molecule has 2 heterocycles. The molecule has 2 aromatic carbocycles. The van der Waals surface area contributed by atoms with E-state index in [1.165, 1.54) is 22.6 Å². The maximum absolute atomic E-state index is 12.8. The summed E-state index contributed by atoms with van der Waals surface area (Å²) in [7, 11) is 0. The lowest BCUT2D eigenvalue weighted by Gasteiger charge is -2.37. The van der Waals surface area contributed by atoms with Gasteiger partial charge in [-0.2, -0.15) is 0 Å². The summed E-state index contributed by atoms with van der Waals surface area (Å²) in [6.07, 6.45) is 0. The van der Waals surface area contributed by atoms with Crippen molar-refractivity contribution in [3.8, 4) is 0 Å². The van der Waals surface area contributed by atoms with Gasteiger partial charge in [-0.1, -0.05) is 35.9 Å². The van der Waals surface area contributed by atoms with E-state index in [0.717, 1.165) is 33.1 Å². The minimum Gasteiger partial charge on any atom is -0.377 e. The maximum Gasteiger partial charge on any atom is 0.265 e. The van der Waals surface area contributed by atoms with Crippen LogP contribution in [0.1, 0.15) is 28.2 Å². The van der Waals surface area contributed by atoms with E-state index in [1.807, 2.05) is 28.5 Å². The van der Waals surface area contributed by atoms with Crippen molar-refractivity contribution in [2.75, 3.05) is 36.4 Å². The summed E-state index contributed by atoms with van der Waals surface area (Å²) < 4.78 is 0.880. The highest BCUT2D eigenvalue weighted by atomic mass is 79.9. The maximum atomic E-state index is 12.8. The predicted molar refractivity (Wildman–Crippen MR) is 130 cm³/mol. The molecule has 156 valence electrons. The molecule has 0 spiro atoms. The zero-order valence-electron chi connectivity index (χ0n) is 16.6. The minimum absolute atomic E-state index is 0.110. The van der Waals surface area contributed by atoms with Crippen LogP contribution in [0.4, 0.5) is 11.4 Å². The second-order valence-electron chi connectivity index (χ2n) is 7.31. The quantitative estimate of drug-likeness (QED) is 0.443. The summed E-state index contributed by atoms with van der Waals surface area (Å²) in [4.78, 5) is 17.9. The number of benzene rings is 2. The molecule has 30 heavy (non-hydrogen) atoms. The highest BCUT2D eigenvalue weighted by Gasteiger charge is 2.25. The van der Waals surface area contributed by atoms with Gasteiger partial charge in [0.1, 0.15) is 4.88 Å². The highest BCUT2D eigenvalue weighted by Crippen LogP contribution is 2.31. The summed E-state index contributed by atoms with van der Waals surface area (Å²) >= 11 is 11.0. The van der Waals surface area contributed by atoms with Crippen molar-refractivity contribution >= 4 is 56.1 Å². The Morgan fingerprint density at radius 2 is 1.77 bits per heavy atom. The zero-order chi connectivity index (χ0) is 21.1. The summed E-state index contributed by atoms with van der Waals surface area (Å²) in [5.41, 5.74) is 3.45. The number of halogens is 2. The lowest BCUT2D eigenvalue weighted by Crippen LogP contribution is -2.48. The summed E-state index contributed by atoms with van der Waals surface area (Å²) in [5, 5.41) is 6.32. The van der Waals surface area contributed by atoms with E-state index in [0.29, 0.717) is 13.1 Å². The van der Waals surface area contributed by atoms with Crippen molar-refractivity contribution in [1.82, 2.24) is 4.90 Å². The number of rotatable bonds is 5. The zero-order valence-corrected chi connectivity index (χ0v) is 19.8. The Labute approximate surface area is 194 Å². The molecule has 3 aromatic rings. The molecule has 1 aliphatic rings. The lowest BCUT2D eigenvalue weighted by molar-refractivity contribution is 0.0751. The van der Waals surface area contributed by atoms with Crippen LogP contribution < -0.4 is 10.2 Å². The van der Waals surface area contributed by atoms with Crippen LogP contribution >= 0.6 is 38.9 Å². The summed E-state index contributed by atoms with van der Waals surface area (Å²) in [6, 6.07) is 18.4. The van der Waals surface area contributed by atoms with Crippen molar-refractivity contribution in [3.05, 3.63) is 79.9 Å². The van der Waals surface area contributed by atoms with E-state index in [2.05, 4.69) is 69.5 Å². The molecule has 1 aliphatic heterocycles. The Bertz CT molecular complexity index is 1020. The number of carbonyl (C=O) groups excluding carboxylic acids is 1. The highest BCUT2D eigenvalue weighted by molar-refractivity contribution is 9.10. The molecule has 1 aromatic heterocycles. The smallest absolute Gasteiger partial charge is 0.265 e. The van der Waals surface area contributed by atoms with E-state index in [-0.39, 0.29) is 11.9 Å². The average molecular weight is 505 g/mol. The fourth-order valence-corrected chi connectivity index (χ4v) is 5.31. The van der Waals surface area contributed by atoms with Gasteiger partial charge >= 0.3 is 0 Å². The summed E-state index contributed by atoms with van der Waals surface area (Å²) in [6.45, 7) is 5.19. The van der Waals surface area contributed by atoms with E-state index in [9.17, 15) is 4.79 Å². The SMILES string of the molecule is CC(Nc1ccccc1N1CCN(C(=O)c2sccc2Br)CC1)c1ccc(Cl)cc1. The van der Waals surface area contributed by atoms with Gasteiger partial charge in [-0.3, -0.25) is 4.79 Å². The molecule has 0 radical (unpaired) electrons. The van der Waals surface area contributed by atoms with Crippen molar-refractivity contribution in [2.45, 2.75) is 13.0 Å². The van der Waals surface area contributed by atoms with Crippen LogP contribution in [0.2, 0.25) is 5.02 Å². The van der Waals surface area contributed by atoms with Gasteiger partial charge in [0.2, 0.25) is 0 Å². The van der Waals surface area contributed by atoms with Gasteiger partial charge < -0.3 is 15.1 Å². The first-order valence-corrected chi connectivity index (χ1v) is 12.0. The number of piperazine rings is 1. The number of hydrogen-bond acceptors (Lipinski definition) is 4. The number of anilines is 2. The summed E-state index contributed by atoms with van der Waals surface area (Å²) in [5.74, 6) is 0.110. The molecule has 1 amide bonds. The number of amides is 1. The molecule has 0 bridgehead atoms. The molecule has 0 saturated carbocycles. The first-order chi connectivity index (χ1) is 14.5. The van der Waals surface area contributed by atoms with Gasteiger partial charge in [0, 0.05) is 41.7 Å². The Balaban J connectivity index is 1.44. The normalized spacial score (nSPS) is 15.2.